The Kier molecular flexibility index (Phi) is 3.10. The summed E-state index contributed by atoms with van der Waals surface area (Å²) < 4.78 is 11.9. The molecule has 0 aromatic heterocycles. The maximum atomic E-state index is 5.94. The maximum Gasteiger partial charge on any atom is 0.133 e. The molecule has 0 saturated heterocycles. The molecule has 96 valence electrons. The normalized spacial score (nSPS) is 16.2. The fraction of sp³-hybridized carbons (Fsp3) is 0.176. The molecule has 0 spiro atoms. The molecule has 1 aliphatic rings. The Morgan fingerprint density at radius 3 is 2.79 bits per heavy atom. The van der Waals surface area contributed by atoms with Crippen LogP contribution in [0.1, 0.15) is 22.8 Å². The Balaban J connectivity index is 2.10. The standard InChI is InChI=1S/C17H16O2/c1-3-10-18-17-13-6-4-5-7-15(13)19-16-9-8-12(2)11-14(16)17/h3-9,11,17H,1,10H2,2H3. The molecule has 0 amide bonds. The van der Waals surface area contributed by atoms with Crippen LogP contribution in [0.3, 0.4) is 0 Å². The van der Waals surface area contributed by atoms with Crippen LogP contribution in [0, 0.1) is 6.92 Å². The minimum Gasteiger partial charge on any atom is -0.457 e. The van der Waals surface area contributed by atoms with Crippen LogP contribution in [0.2, 0.25) is 0 Å². The fourth-order valence-corrected chi connectivity index (χ4v) is 2.39. The van der Waals surface area contributed by atoms with Gasteiger partial charge in [0.1, 0.15) is 17.6 Å². The van der Waals surface area contributed by atoms with Gasteiger partial charge < -0.3 is 9.47 Å². The number of benzene rings is 2. The Morgan fingerprint density at radius 1 is 1.16 bits per heavy atom. The van der Waals surface area contributed by atoms with E-state index in [2.05, 4.69) is 25.6 Å². The highest BCUT2D eigenvalue weighted by molar-refractivity contribution is 5.53. The summed E-state index contributed by atoms with van der Waals surface area (Å²) in [4.78, 5) is 0. The first-order valence-corrected chi connectivity index (χ1v) is 6.39. The molecule has 1 atom stereocenters. The third-order valence-electron chi connectivity index (χ3n) is 3.25. The molecule has 0 aliphatic carbocycles. The predicted octanol–water partition coefficient (Wildman–Crippen LogP) is 4.39. The van der Waals surface area contributed by atoms with E-state index in [1.54, 1.807) is 6.08 Å². The van der Waals surface area contributed by atoms with Gasteiger partial charge in [-0.05, 0) is 25.1 Å². The third kappa shape index (κ3) is 2.15. The number of hydrogen-bond donors (Lipinski definition) is 0. The van der Waals surface area contributed by atoms with Crippen LogP contribution in [0.25, 0.3) is 0 Å². The molecule has 1 heterocycles. The van der Waals surface area contributed by atoms with Crippen molar-refractivity contribution >= 4 is 0 Å². The fourth-order valence-electron chi connectivity index (χ4n) is 2.39. The zero-order valence-corrected chi connectivity index (χ0v) is 10.9. The summed E-state index contributed by atoms with van der Waals surface area (Å²) in [6.07, 6.45) is 1.69. The van der Waals surface area contributed by atoms with Gasteiger partial charge in [-0.15, -0.1) is 6.58 Å². The Labute approximate surface area is 113 Å². The topological polar surface area (TPSA) is 18.5 Å². The SMILES string of the molecule is C=CCOC1c2ccccc2Oc2ccc(C)cc21. The van der Waals surface area contributed by atoms with Crippen LogP contribution in [0.4, 0.5) is 0 Å². The van der Waals surface area contributed by atoms with Crippen molar-refractivity contribution in [3.05, 3.63) is 71.8 Å². The van der Waals surface area contributed by atoms with Gasteiger partial charge in [-0.3, -0.25) is 0 Å². The second-order valence-corrected chi connectivity index (χ2v) is 4.68. The van der Waals surface area contributed by atoms with Crippen molar-refractivity contribution in [1.29, 1.82) is 0 Å². The molecule has 0 fully saturated rings. The average Bonchev–Trinajstić information content (AvgIpc) is 2.44. The summed E-state index contributed by atoms with van der Waals surface area (Å²) in [6.45, 7) is 6.31. The molecule has 0 bridgehead atoms. The number of para-hydroxylation sites is 1. The molecule has 2 heteroatoms. The summed E-state index contributed by atoms with van der Waals surface area (Å²) in [5, 5.41) is 0. The van der Waals surface area contributed by atoms with Crippen LogP contribution in [-0.4, -0.2) is 6.61 Å². The number of rotatable bonds is 3. The van der Waals surface area contributed by atoms with Crippen LogP contribution < -0.4 is 4.74 Å². The second-order valence-electron chi connectivity index (χ2n) is 4.68. The van der Waals surface area contributed by atoms with Gasteiger partial charge in [-0.1, -0.05) is 35.9 Å². The van der Waals surface area contributed by atoms with Gasteiger partial charge in [-0.25, -0.2) is 0 Å². The lowest BCUT2D eigenvalue weighted by Crippen LogP contribution is -2.13. The average molecular weight is 252 g/mol. The van der Waals surface area contributed by atoms with E-state index in [4.69, 9.17) is 9.47 Å². The van der Waals surface area contributed by atoms with E-state index in [9.17, 15) is 0 Å². The van der Waals surface area contributed by atoms with E-state index in [1.165, 1.54) is 5.56 Å². The lowest BCUT2D eigenvalue weighted by atomic mass is 9.95. The second kappa shape index (κ2) is 4.90. The van der Waals surface area contributed by atoms with E-state index < -0.39 is 0 Å². The first kappa shape index (κ1) is 12.0. The highest BCUT2D eigenvalue weighted by atomic mass is 16.5. The van der Waals surface area contributed by atoms with Crippen molar-refractivity contribution in [2.24, 2.45) is 0 Å². The Bertz CT molecular complexity index is 616. The van der Waals surface area contributed by atoms with E-state index in [0.29, 0.717) is 6.61 Å². The number of hydrogen-bond acceptors (Lipinski definition) is 2. The van der Waals surface area contributed by atoms with Crippen LogP contribution in [0.15, 0.2) is 55.1 Å². The van der Waals surface area contributed by atoms with Crippen molar-refractivity contribution in [3.8, 4) is 11.5 Å². The monoisotopic (exact) mass is 252 g/mol. The van der Waals surface area contributed by atoms with Gasteiger partial charge in [0.2, 0.25) is 0 Å². The smallest absolute Gasteiger partial charge is 0.133 e. The van der Waals surface area contributed by atoms with Crippen LogP contribution in [-0.2, 0) is 4.74 Å². The van der Waals surface area contributed by atoms with Crippen molar-refractivity contribution in [2.45, 2.75) is 13.0 Å². The summed E-state index contributed by atoms with van der Waals surface area (Å²) >= 11 is 0. The number of fused-ring (bicyclic) bond motifs is 2. The first-order chi connectivity index (χ1) is 9.29. The van der Waals surface area contributed by atoms with Crippen molar-refractivity contribution in [2.75, 3.05) is 6.61 Å². The minimum atomic E-state index is -0.0853. The molecule has 2 aromatic rings. The molecule has 1 unspecified atom stereocenters. The molecule has 2 nitrogen and oxygen atoms in total. The summed E-state index contributed by atoms with van der Waals surface area (Å²) in [6, 6.07) is 14.2. The minimum absolute atomic E-state index is 0.0853. The third-order valence-corrected chi connectivity index (χ3v) is 3.25. The maximum absolute atomic E-state index is 5.94. The zero-order chi connectivity index (χ0) is 13.2. The Hall–Kier alpha value is -2.06. The van der Waals surface area contributed by atoms with Gasteiger partial charge in [0.05, 0.1) is 6.61 Å². The molecular formula is C17H16O2. The molecule has 2 aromatic carbocycles. The molecule has 1 aliphatic heterocycles. The van der Waals surface area contributed by atoms with E-state index in [-0.39, 0.29) is 6.10 Å². The molecule has 3 rings (SSSR count). The zero-order valence-electron chi connectivity index (χ0n) is 10.9. The summed E-state index contributed by atoms with van der Waals surface area (Å²) in [7, 11) is 0. The highest BCUT2D eigenvalue weighted by Gasteiger charge is 2.27. The van der Waals surface area contributed by atoms with Crippen molar-refractivity contribution in [3.63, 3.8) is 0 Å². The van der Waals surface area contributed by atoms with Gasteiger partial charge >= 0.3 is 0 Å². The quantitative estimate of drug-likeness (QED) is 0.754. The largest absolute Gasteiger partial charge is 0.457 e. The molecule has 0 radical (unpaired) electrons. The van der Waals surface area contributed by atoms with E-state index >= 15 is 0 Å². The number of aryl methyl sites for hydroxylation is 1. The van der Waals surface area contributed by atoms with Crippen molar-refractivity contribution < 1.29 is 9.47 Å². The van der Waals surface area contributed by atoms with Gasteiger partial charge in [0.25, 0.3) is 0 Å². The van der Waals surface area contributed by atoms with Gasteiger partial charge in [0.15, 0.2) is 0 Å². The first-order valence-electron chi connectivity index (χ1n) is 6.39. The lowest BCUT2D eigenvalue weighted by molar-refractivity contribution is 0.0961. The van der Waals surface area contributed by atoms with Crippen LogP contribution >= 0.6 is 0 Å². The molecule has 0 N–H and O–H groups in total. The van der Waals surface area contributed by atoms with E-state index in [1.807, 2.05) is 30.3 Å². The van der Waals surface area contributed by atoms with E-state index in [0.717, 1.165) is 22.6 Å². The molecule has 19 heavy (non-hydrogen) atoms. The van der Waals surface area contributed by atoms with Gasteiger partial charge in [-0.2, -0.15) is 0 Å². The molecule has 0 saturated carbocycles. The summed E-state index contributed by atoms with van der Waals surface area (Å²) in [5.41, 5.74) is 3.36. The van der Waals surface area contributed by atoms with Crippen LogP contribution in [0.5, 0.6) is 11.5 Å². The van der Waals surface area contributed by atoms with Crippen molar-refractivity contribution in [1.82, 2.24) is 0 Å². The van der Waals surface area contributed by atoms with Gasteiger partial charge in [0, 0.05) is 11.1 Å². The Morgan fingerprint density at radius 2 is 1.95 bits per heavy atom. The lowest BCUT2D eigenvalue weighted by Gasteiger charge is -2.28. The summed E-state index contributed by atoms with van der Waals surface area (Å²) in [5.74, 6) is 1.74. The molecular weight excluding hydrogens is 236 g/mol. The number of ether oxygens (including phenoxy) is 2. The highest BCUT2D eigenvalue weighted by Crippen LogP contribution is 2.44. The predicted molar refractivity (Wildman–Crippen MR) is 75.7 cm³/mol.